The highest BCUT2D eigenvalue weighted by Crippen LogP contribution is 2.38. The number of likely N-dealkylation sites (N-methyl/N-ethyl adjacent to an activating group) is 1. The van der Waals surface area contributed by atoms with Gasteiger partial charge in [0.05, 0.1) is 42.3 Å². The molecule has 0 spiro atoms. The summed E-state index contributed by atoms with van der Waals surface area (Å²) in [4.78, 5) is 22.7. The summed E-state index contributed by atoms with van der Waals surface area (Å²) in [5.41, 5.74) is 1.57. The lowest BCUT2D eigenvalue weighted by Gasteiger charge is -2.18. The molecule has 3 rings (SSSR count). The van der Waals surface area contributed by atoms with Gasteiger partial charge in [0.25, 0.3) is 0 Å². The number of rotatable bonds is 13. The van der Waals surface area contributed by atoms with Crippen LogP contribution in [-0.4, -0.2) is 69.8 Å². The second-order valence-electron chi connectivity index (χ2n) is 8.45. The number of sulfonamides is 1. The van der Waals surface area contributed by atoms with Crippen LogP contribution in [0, 0.1) is 0 Å². The standard InChI is InChI=1S/C25H30ClN7O5S/c1-6-23(34)28-20-13-19(21(37-4)14-22(20)38-12-11-33(2)3)30-25-27-15-16(26)24(31-25)29-17-9-7-8-10-18(17)32-39(5,35)36/h6-10,13-15,32H,1,11-12H2,2-5H3,(H,28,34)(H2,27,29,30,31). The minimum atomic E-state index is -3.52. The average molecular weight is 576 g/mol. The predicted molar refractivity (Wildman–Crippen MR) is 154 cm³/mol. The largest absolute Gasteiger partial charge is 0.494 e. The summed E-state index contributed by atoms with van der Waals surface area (Å²) in [6.45, 7) is 4.54. The molecule has 208 valence electrons. The van der Waals surface area contributed by atoms with Crippen LogP contribution in [0.3, 0.4) is 0 Å². The van der Waals surface area contributed by atoms with Crippen LogP contribution >= 0.6 is 11.6 Å². The molecule has 0 fully saturated rings. The molecular formula is C25H30ClN7O5S. The zero-order chi connectivity index (χ0) is 28.6. The monoisotopic (exact) mass is 575 g/mol. The number of methoxy groups -OCH3 is 1. The number of halogens is 1. The molecule has 2 aromatic carbocycles. The average Bonchev–Trinajstić information content (AvgIpc) is 2.87. The summed E-state index contributed by atoms with van der Waals surface area (Å²) in [6.07, 6.45) is 3.59. The van der Waals surface area contributed by atoms with E-state index in [0.29, 0.717) is 47.4 Å². The van der Waals surface area contributed by atoms with Crippen LogP contribution in [0.5, 0.6) is 11.5 Å². The molecule has 0 unspecified atom stereocenters. The van der Waals surface area contributed by atoms with Gasteiger partial charge in [-0.15, -0.1) is 0 Å². The van der Waals surface area contributed by atoms with Crippen molar-refractivity contribution < 1.29 is 22.7 Å². The molecule has 12 nitrogen and oxygen atoms in total. The molecule has 0 aliphatic rings. The number of nitrogens with zero attached hydrogens (tertiary/aromatic N) is 3. The van der Waals surface area contributed by atoms with Gasteiger partial charge >= 0.3 is 0 Å². The summed E-state index contributed by atoms with van der Waals surface area (Å²) in [6, 6.07) is 9.96. The fourth-order valence-corrected chi connectivity index (χ4v) is 3.93. The van der Waals surface area contributed by atoms with Gasteiger partial charge in [-0.05, 0) is 38.4 Å². The zero-order valence-electron chi connectivity index (χ0n) is 21.9. The smallest absolute Gasteiger partial charge is 0.247 e. The number of carbonyl (C=O) groups is 1. The number of nitrogens with one attached hydrogen (secondary N) is 4. The molecule has 3 aromatic rings. The van der Waals surface area contributed by atoms with Gasteiger partial charge in [0.1, 0.15) is 23.1 Å². The van der Waals surface area contributed by atoms with E-state index in [4.69, 9.17) is 21.1 Å². The number of hydrogen-bond acceptors (Lipinski definition) is 10. The van der Waals surface area contributed by atoms with Gasteiger partial charge in [-0.25, -0.2) is 13.4 Å². The van der Waals surface area contributed by atoms with E-state index in [1.54, 1.807) is 36.4 Å². The maximum Gasteiger partial charge on any atom is 0.247 e. The van der Waals surface area contributed by atoms with Gasteiger partial charge in [-0.2, -0.15) is 4.98 Å². The summed E-state index contributed by atoms with van der Waals surface area (Å²) in [7, 11) is 1.82. The van der Waals surface area contributed by atoms with Crippen molar-refractivity contribution >= 4 is 62.0 Å². The Labute approximate surface area is 232 Å². The minimum absolute atomic E-state index is 0.149. The molecule has 0 saturated carbocycles. The lowest BCUT2D eigenvalue weighted by atomic mass is 10.2. The summed E-state index contributed by atoms with van der Waals surface area (Å²) < 4.78 is 37.4. The van der Waals surface area contributed by atoms with E-state index in [9.17, 15) is 13.2 Å². The molecule has 0 aliphatic carbocycles. The van der Waals surface area contributed by atoms with Gasteiger partial charge in [-0.3, -0.25) is 9.52 Å². The van der Waals surface area contributed by atoms with Gasteiger partial charge in [0.2, 0.25) is 21.9 Å². The Morgan fingerprint density at radius 1 is 1.10 bits per heavy atom. The number of aromatic nitrogens is 2. The molecule has 0 atom stereocenters. The van der Waals surface area contributed by atoms with Crippen molar-refractivity contribution in [3.05, 3.63) is 60.3 Å². The van der Waals surface area contributed by atoms with E-state index < -0.39 is 15.9 Å². The van der Waals surface area contributed by atoms with Crippen molar-refractivity contribution in [2.24, 2.45) is 0 Å². The number of carbonyl (C=O) groups excluding carboxylic acids is 1. The third kappa shape index (κ3) is 8.74. The summed E-state index contributed by atoms with van der Waals surface area (Å²) in [5, 5.41) is 9.03. The fraction of sp³-hybridized carbons (Fsp3) is 0.240. The first-order valence-corrected chi connectivity index (χ1v) is 13.8. The first kappa shape index (κ1) is 29.5. The maximum absolute atomic E-state index is 12.1. The Morgan fingerprint density at radius 2 is 1.82 bits per heavy atom. The second-order valence-corrected chi connectivity index (χ2v) is 10.6. The van der Waals surface area contributed by atoms with Crippen LogP contribution in [0.2, 0.25) is 5.02 Å². The summed E-state index contributed by atoms with van der Waals surface area (Å²) >= 11 is 6.33. The van der Waals surface area contributed by atoms with Gasteiger partial charge in [0, 0.05) is 12.6 Å². The Balaban J connectivity index is 1.93. The first-order valence-electron chi connectivity index (χ1n) is 11.6. The second kappa shape index (κ2) is 13.1. The van der Waals surface area contributed by atoms with E-state index in [0.717, 1.165) is 12.3 Å². The third-order valence-electron chi connectivity index (χ3n) is 5.01. The highest BCUT2D eigenvalue weighted by Gasteiger charge is 2.16. The van der Waals surface area contributed by atoms with Gasteiger partial charge in [0.15, 0.2) is 5.82 Å². The molecule has 1 amide bonds. The van der Waals surface area contributed by atoms with Crippen LogP contribution < -0.4 is 30.1 Å². The number of para-hydroxylation sites is 2. The van der Waals surface area contributed by atoms with Crippen molar-refractivity contribution in [1.29, 1.82) is 0 Å². The lowest BCUT2D eigenvalue weighted by molar-refractivity contribution is -0.111. The van der Waals surface area contributed by atoms with E-state index in [1.165, 1.54) is 13.3 Å². The van der Waals surface area contributed by atoms with Crippen molar-refractivity contribution in [3.63, 3.8) is 0 Å². The highest BCUT2D eigenvalue weighted by atomic mass is 35.5. The first-order chi connectivity index (χ1) is 18.5. The number of benzene rings is 2. The van der Waals surface area contributed by atoms with Crippen LogP contribution in [-0.2, 0) is 14.8 Å². The van der Waals surface area contributed by atoms with Crippen molar-refractivity contribution in [3.8, 4) is 11.5 Å². The molecular weight excluding hydrogens is 546 g/mol. The van der Waals surface area contributed by atoms with Crippen molar-refractivity contribution in [2.75, 3.05) is 61.3 Å². The van der Waals surface area contributed by atoms with Crippen LogP contribution in [0.25, 0.3) is 0 Å². The number of ether oxygens (including phenoxy) is 2. The Morgan fingerprint density at radius 3 is 2.46 bits per heavy atom. The molecule has 0 radical (unpaired) electrons. The van der Waals surface area contributed by atoms with E-state index >= 15 is 0 Å². The van der Waals surface area contributed by atoms with Gasteiger partial charge < -0.3 is 30.3 Å². The maximum atomic E-state index is 12.1. The minimum Gasteiger partial charge on any atom is -0.494 e. The Hall–Kier alpha value is -4.07. The number of hydrogen-bond donors (Lipinski definition) is 4. The van der Waals surface area contributed by atoms with Crippen molar-refractivity contribution in [2.45, 2.75) is 0 Å². The van der Waals surface area contributed by atoms with Crippen LogP contribution in [0.4, 0.5) is 34.5 Å². The lowest BCUT2D eigenvalue weighted by Crippen LogP contribution is -2.20. The molecule has 0 bridgehead atoms. The Kier molecular flexibility index (Phi) is 9.93. The SMILES string of the molecule is C=CC(=O)Nc1cc(Nc2ncc(Cl)c(Nc3ccccc3NS(C)(=O)=O)n2)c(OC)cc1OCCN(C)C. The van der Waals surface area contributed by atoms with Gasteiger partial charge in [-0.1, -0.05) is 30.3 Å². The topological polar surface area (TPSA) is 147 Å². The van der Waals surface area contributed by atoms with E-state index in [1.807, 2.05) is 19.0 Å². The predicted octanol–water partition coefficient (Wildman–Crippen LogP) is 4.06. The normalized spacial score (nSPS) is 11.0. The van der Waals surface area contributed by atoms with E-state index in [-0.39, 0.29) is 16.8 Å². The Bertz CT molecular complexity index is 1450. The molecule has 39 heavy (non-hydrogen) atoms. The molecule has 1 aromatic heterocycles. The van der Waals surface area contributed by atoms with Crippen LogP contribution in [0.15, 0.2) is 55.3 Å². The number of amides is 1. The van der Waals surface area contributed by atoms with Crippen LogP contribution in [0.1, 0.15) is 0 Å². The molecule has 1 heterocycles. The summed E-state index contributed by atoms with van der Waals surface area (Å²) in [5.74, 6) is 0.765. The molecule has 4 N–H and O–H groups in total. The van der Waals surface area contributed by atoms with E-state index in [2.05, 4.69) is 37.2 Å². The third-order valence-corrected chi connectivity index (χ3v) is 5.87. The molecule has 0 saturated heterocycles. The quantitative estimate of drug-likeness (QED) is 0.220. The molecule has 0 aliphatic heterocycles. The fourth-order valence-electron chi connectivity index (χ4n) is 3.21. The highest BCUT2D eigenvalue weighted by molar-refractivity contribution is 7.92. The van der Waals surface area contributed by atoms with Crippen molar-refractivity contribution in [1.82, 2.24) is 14.9 Å². The molecule has 14 heteroatoms. The number of anilines is 6. The zero-order valence-corrected chi connectivity index (χ0v) is 23.5.